The number of carbonyl (C=O) groups excluding carboxylic acids is 1. The van der Waals surface area contributed by atoms with Crippen molar-refractivity contribution >= 4 is 5.78 Å². The van der Waals surface area contributed by atoms with Crippen LogP contribution in [0.3, 0.4) is 0 Å². The van der Waals surface area contributed by atoms with Gasteiger partial charge in [0.2, 0.25) is 0 Å². The molecule has 1 atom stereocenters. The second kappa shape index (κ2) is 2.84. The van der Waals surface area contributed by atoms with Gasteiger partial charge in [-0.3, -0.25) is 4.79 Å². The number of rotatable bonds is 0. The first-order chi connectivity index (χ1) is 5.72. The molecular formula is C10H16O2. The molecule has 1 spiro atoms. The number of Topliss-reactive ketones (excluding diaryl/α,β-unsaturated/α-hetero) is 1. The van der Waals surface area contributed by atoms with Crippen molar-refractivity contribution < 1.29 is 9.90 Å². The van der Waals surface area contributed by atoms with Crippen LogP contribution in [-0.2, 0) is 4.79 Å². The van der Waals surface area contributed by atoms with Crippen LogP contribution in [-0.4, -0.2) is 17.0 Å². The molecule has 12 heavy (non-hydrogen) atoms. The normalized spacial score (nSPS) is 34.4. The van der Waals surface area contributed by atoms with E-state index in [2.05, 4.69) is 0 Å². The summed E-state index contributed by atoms with van der Waals surface area (Å²) < 4.78 is 0. The fourth-order valence-corrected chi connectivity index (χ4v) is 2.77. The Morgan fingerprint density at radius 1 is 1.25 bits per heavy atom. The minimum Gasteiger partial charge on any atom is -0.385 e. The highest BCUT2D eigenvalue weighted by Crippen LogP contribution is 2.47. The van der Waals surface area contributed by atoms with Crippen molar-refractivity contribution in [3.63, 3.8) is 0 Å². The molecule has 1 unspecified atom stereocenters. The summed E-state index contributed by atoms with van der Waals surface area (Å²) in [6.07, 6.45) is 6.89. The van der Waals surface area contributed by atoms with Crippen molar-refractivity contribution in [1.29, 1.82) is 0 Å². The van der Waals surface area contributed by atoms with Gasteiger partial charge < -0.3 is 5.11 Å². The Morgan fingerprint density at radius 2 is 1.92 bits per heavy atom. The van der Waals surface area contributed by atoms with E-state index in [-0.39, 0.29) is 11.2 Å². The van der Waals surface area contributed by atoms with Crippen LogP contribution in [0.5, 0.6) is 0 Å². The number of hydrogen-bond acceptors (Lipinski definition) is 2. The van der Waals surface area contributed by atoms with Crippen LogP contribution < -0.4 is 0 Å². The largest absolute Gasteiger partial charge is 0.385 e. The summed E-state index contributed by atoms with van der Waals surface area (Å²) in [7, 11) is 0. The number of hydrogen-bond donors (Lipinski definition) is 1. The Labute approximate surface area is 73.0 Å². The third-order valence-electron chi connectivity index (χ3n) is 3.46. The fraction of sp³-hybridized carbons (Fsp3) is 0.900. The van der Waals surface area contributed by atoms with Crippen LogP contribution >= 0.6 is 0 Å². The summed E-state index contributed by atoms with van der Waals surface area (Å²) in [5.74, 6) is 0.0805. The average Bonchev–Trinajstić information content (AvgIpc) is 2.29. The topological polar surface area (TPSA) is 37.3 Å². The first-order valence-corrected chi connectivity index (χ1v) is 4.93. The molecule has 0 aliphatic heterocycles. The molecule has 2 saturated carbocycles. The van der Waals surface area contributed by atoms with Crippen molar-refractivity contribution in [3.05, 3.63) is 0 Å². The Kier molecular flexibility index (Phi) is 1.95. The molecule has 0 aromatic heterocycles. The molecule has 68 valence electrons. The maximum Gasteiger partial charge on any atom is 0.161 e. The minimum atomic E-state index is -0.636. The standard InChI is InChI=1S/C10H16O2/c11-8-6-10(7-9(8)12)4-2-1-3-5-10/h8,11H,1-7H2. The lowest BCUT2D eigenvalue weighted by Crippen LogP contribution is -2.21. The first-order valence-electron chi connectivity index (χ1n) is 4.93. The van der Waals surface area contributed by atoms with Crippen LogP contribution in [0.15, 0.2) is 0 Å². The summed E-state index contributed by atoms with van der Waals surface area (Å²) in [6.45, 7) is 0. The zero-order chi connectivity index (χ0) is 8.60. The highest BCUT2D eigenvalue weighted by atomic mass is 16.3. The molecule has 0 aromatic carbocycles. The lowest BCUT2D eigenvalue weighted by atomic mass is 9.73. The lowest BCUT2D eigenvalue weighted by molar-refractivity contribution is -0.124. The maximum absolute atomic E-state index is 11.2. The quantitative estimate of drug-likeness (QED) is 0.597. The molecule has 2 aliphatic carbocycles. The van der Waals surface area contributed by atoms with E-state index in [0.29, 0.717) is 6.42 Å². The van der Waals surface area contributed by atoms with Gasteiger partial charge in [-0.25, -0.2) is 0 Å². The SMILES string of the molecule is O=C1CC2(CCCCC2)CC1O. The monoisotopic (exact) mass is 168 g/mol. The maximum atomic E-state index is 11.2. The van der Waals surface area contributed by atoms with Crippen LogP contribution in [0, 0.1) is 5.41 Å². The molecule has 2 aliphatic rings. The zero-order valence-electron chi connectivity index (χ0n) is 7.38. The molecule has 0 radical (unpaired) electrons. The van der Waals surface area contributed by atoms with E-state index in [4.69, 9.17) is 0 Å². The summed E-state index contributed by atoms with van der Waals surface area (Å²) >= 11 is 0. The van der Waals surface area contributed by atoms with E-state index in [9.17, 15) is 9.90 Å². The van der Waals surface area contributed by atoms with E-state index < -0.39 is 6.10 Å². The van der Waals surface area contributed by atoms with Gasteiger partial charge in [-0.2, -0.15) is 0 Å². The minimum absolute atomic E-state index is 0.0805. The molecule has 0 heterocycles. The van der Waals surface area contributed by atoms with E-state index in [1.807, 2.05) is 0 Å². The van der Waals surface area contributed by atoms with Gasteiger partial charge in [-0.1, -0.05) is 19.3 Å². The second-order valence-electron chi connectivity index (χ2n) is 4.42. The van der Waals surface area contributed by atoms with Crippen molar-refractivity contribution in [1.82, 2.24) is 0 Å². The van der Waals surface area contributed by atoms with Crippen molar-refractivity contribution in [2.45, 2.75) is 51.0 Å². The summed E-state index contributed by atoms with van der Waals surface area (Å²) in [4.78, 5) is 11.2. The van der Waals surface area contributed by atoms with Gasteiger partial charge in [0.1, 0.15) is 6.10 Å². The average molecular weight is 168 g/mol. The predicted octanol–water partition coefficient (Wildman–Crippen LogP) is 1.66. The molecule has 0 amide bonds. The van der Waals surface area contributed by atoms with Crippen LogP contribution in [0.25, 0.3) is 0 Å². The third-order valence-corrected chi connectivity index (χ3v) is 3.46. The van der Waals surface area contributed by atoms with Crippen LogP contribution in [0.4, 0.5) is 0 Å². The highest BCUT2D eigenvalue weighted by Gasteiger charge is 2.43. The number of carbonyl (C=O) groups is 1. The summed E-state index contributed by atoms with van der Waals surface area (Å²) in [6, 6.07) is 0. The van der Waals surface area contributed by atoms with Crippen LogP contribution in [0.1, 0.15) is 44.9 Å². The Bertz CT molecular complexity index is 192. The molecule has 1 N–H and O–H groups in total. The number of aliphatic hydroxyl groups excluding tert-OH is 1. The van der Waals surface area contributed by atoms with Crippen LogP contribution in [0.2, 0.25) is 0 Å². The van der Waals surface area contributed by atoms with Crippen molar-refractivity contribution in [3.8, 4) is 0 Å². The zero-order valence-corrected chi connectivity index (χ0v) is 7.38. The first kappa shape index (κ1) is 8.24. The summed E-state index contributed by atoms with van der Waals surface area (Å²) in [5.41, 5.74) is 0.217. The second-order valence-corrected chi connectivity index (χ2v) is 4.42. The van der Waals surface area contributed by atoms with Gasteiger partial charge in [-0.15, -0.1) is 0 Å². The third kappa shape index (κ3) is 1.28. The molecule has 0 aromatic rings. The van der Waals surface area contributed by atoms with E-state index in [0.717, 1.165) is 19.3 Å². The van der Waals surface area contributed by atoms with Crippen molar-refractivity contribution in [2.24, 2.45) is 5.41 Å². The highest BCUT2D eigenvalue weighted by molar-refractivity contribution is 5.85. The molecule has 0 saturated heterocycles. The Morgan fingerprint density at radius 3 is 2.42 bits per heavy atom. The molecule has 2 fully saturated rings. The Balaban J connectivity index is 2.07. The molecular weight excluding hydrogens is 152 g/mol. The van der Waals surface area contributed by atoms with E-state index in [1.165, 1.54) is 19.3 Å². The molecule has 2 rings (SSSR count). The summed E-state index contributed by atoms with van der Waals surface area (Å²) in [5, 5.41) is 9.37. The van der Waals surface area contributed by atoms with Gasteiger partial charge in [0.15, 0.2) is 5.78 Å². The smallest absolute Gasteiger partial charge is 0.161 e. The Hall–Kier alpha value is -0.370. The van der Waals surface area contributed by atoms with Gasteiger partial charge in [0, 0.05) is 6.42 Å². The number of ketones is 1. The fourth-order valence-electron chi connectivity index (χ4n) is 2.77. The lowest BCUT2D eigenvalue weighted by Gasteiger charge is -2.32. The van der Waals surface area contributed by atoms with Gasteiger partial charge in [-0.05, 0) is 24.7 Å². The van der Waals surface area contributed by atoms with Gasteiger partial charge in [0.05, 0.1) is 0 Å². The van der Waals surface area contributed by atoms with Crippen molar-refractivity contribution in [2.75, 3.05) is 0 Å². The van der Waals surface area contributed by atoms with E-state index in [1.54, 1.807) is 0 Å². The van der Waals surface area contributed by atoms with Gasteiger partial charge >= 0.3 is 0 Å². The number of aliphatic hydroxyl groups is 1. The predicted molar refractivity (Wildman–Crippen MR) is 45.8 cm³/mol. The van der Waals surface area contributed by atoms with E-state index >= 15 is 0 Å². The molecule has 2 heteroatoms. The molecule has 0 bridgehead atoms. The van der Waals surface area contributed by atoms with Gasteiger partial charge in [0.25, 0.3) is 0 Å². The molecule has 2 nitrogen and oxygen atoms in total.